The molecule has 1 rings (SSSR count). The maximum Gasteiger partial charge on any atom is 0.135 e. The topological polar surface area (TPSA) is 73.1 Å². The fraction of sp³-hybridized carbons (Fsp3) is 0.692. The van der Waals surface area contributed by atoms with Crippen LogP contribution in [0.15, 0.2) is 0 Å². The van der Waals surface area contributed by atoms with Crippen molar-refractivity contribution >= 4 is 11.6 Å². The van der Waals surface area contributed by atoms with E-state index in [1.807, 2.05) is 13.8 Å². The number of ether oxygens (including phenoxy) is 1. The zero-order valence-corrected chi connectivity index (χ0v) is 11.9. The van der Waals surface area contributed by atoms with Crippen molar-refractivity contribution in [1.29, 1.82) is 0 Å². The fourth-order valence-corrected chi connectivity index (χ4v) is 1.64. The Labute approximate surface area is 109 Å². The number of nitrogens with one attached hydrogen (secondary N) is 1. The van der Waals surface area contributed by atoms with E-state index in [9.17, 15) is 0 Å². The Balaban J connectivity index is 2.97. The Morgan fingerprint density at radius 2 is 2.00 bits per heavy atom. The third-order valence-electron chi connectivity index (χ3n) is 3.02. The molecule has 1 heterocycles. The average Bonchev–Trinajstić information content (AvgIpc) is 2.33. The molecule has 0 radical (unpaired) electrons. The lowest BCUT2D eigenvalue weighted by molar-refractivity contribution is 0.171. The van der Waals surface area contributed by atoms with Crippen LogP contribution in [0.1, 0.15) is 32.2 Å². The summed E-state index contributed by atoms with van der Waals surface area (Å²) in [5.74, 6) is 2.57. The molecule has 1 unspecified atom stereocenters. The summed E-state index contributed by atoms with van der Waals surface area (Å²) in [6.07, 6.45) is 0.774. The maximum absolute atomic E-state index is 5.90. The highest BCUT2D eigenvalue weighted by Crippen LogP contribution is 2.20. The molecule has 0 aliphatic carbocycles. The van der Waals surface area contributed by atoms with Gasteiger partial charge in [0.1, 0.15) is 17.5 Å². The van der Waals surface area contributed by atoms with E-state index in [4.69, 9.17) is 10.5 Å². The molecule has 102 valence electrons. The summed E-state index contributed by atoms with van der Waals surface area (Å²) < 4.78 is 5.23. The van der Waals surface area contributed by atoms with E-state index in [0.717, 1.165) is 23.6 Å². The molecule has 0 amide bonds. The van der Waals surface area contributed by atoms with Gasteiger partial charge in [-0.2, -0.15) is 0 Å². The van der Waals surface area contributed by atoms with Crippen LogP contribution in [0.3, 0.4) is 0 Å². The number of nitrogens with two attached hydrogens (primary N) is 1. The van der Waals surface area contributed by atoms with Gasteiger partial charge in [0.25, 0.3) is 0 Å². The van der Waals surface area contributed by atoms with Gasteiger partial charge >= 0.3 is 0 Å². The van der Waals surface area contributed by atoms with Crippen molar-refractivity contribution in [3.8, 4) is 0 Å². The number of aromatic nitrogens is 2. The molecule has 0 aromatic carbocycles. The summed E-state index contributed by atoms with van der Waals surface area (Å²) in [6, 6.07) is 0.215. The molecule has 3 N–H and O–H groups in total. The smallest absolute Gasteiger partial charge is 0.135 e. The Bertz CT molecular complexity index is 393. The van der Waals surface area contributed by atoms with Crippen LogP contribution in [0.4, 0.5) is 11.6 Å². The van der Waals surface area contributed by atoms with Crippen molar-refractivity contribution in [3.63, 3.8) is 0 Å². The number of hydrogen-bond donors (Lipinski definition) is 2. The van der Waals surface area contributed by atoms with Crippen molar-refractivity contribution in [2.75, 3.05) is 24.8 Å². The van der Waals surface area contributed by atoms with E-state index in [1.54, 1.807) is 7.11 Å². The number of nitrogens with zero attached hydrogens (tertiary/aromatic N) is 2. The molecule has 1 aromatic rings. The van der Waals surface area contributed by atoms with Crippen LogP contribution in [0, 0.1) is 12.8 Å². The van der Waals surface area contributed by atoms with Crippen LogP contribution in [0.5, 0.6) is 0 Å². The summed E-state index contributed by atoms with van der Waals surface area (Å²) in [4.78, 5) is 8.74. The molecule has 5 nitrogen and oxygen atoms in total. The molecule has 0 fully saturated rings. The molecule has 1 aromatic heterocycles. The van der Waals surface area contributed by atoms with Crippen LogP contribution >= 0.6 is 0 Å². The van der Waals surface area contributed by atoms with E-state index in [1.165, 1.54) is 0 Å². The quantitative estimate of drug-likeness (QED) is 0.810. The van der Waals surface area contributed by atoms with Gasteiger partial charge < -0.3 is 15.8 Å². The molecule has 5 heteroatoms. The molecule has 0 aliphatic heterocycles. The van der Waals surface area contributed by atoms with Crippen LogP contribution in [-0.4, -0.2) is 29.7 Å². The predicted octanol–water partition coefficient (Wildman–Crippen LogP) is 2.01. The first kappa shape index (κ1) is 14.7. The van der Waals surface area contributed by atoms with Crippen LogP contribution in [0.2, 0.25) is 0 Å². The van der Waals surface area contributed by atoms with Crippen LogP contribution in [0.25, 0.3) is 0 Å². The molecule has 0 spiro atoms. The fourth-order valence-electron chi connectivity index (χ4n) is 1.64. The molecule has 0 saturated carbocycles. The highest BCUT2D eigenvalue weighted by Gasteiger charge is 2.16. The molecule has 0 bridgehead atoms. The second kappa shape index (κ2) is 6.54. The van der Waals surface area contributed by atoms with Gasteiger partial charge in [-0.05, 0) is 12.8 Å². The summed E-state index contributed by atoms with van der Waals surface area (Å²) in [6.45, 7) is 8.89. The highest BCUT2D eigenvalue weighted by molar-refractivity contribution is 5.55. The highest BCUT2D eigenvalue weighted by atomic mass is 16.5. The van der Waals surface area contributed by atoms with Gasteiger partial charge in [-0.25, -0.2) is 9.97 Å². The molecule has 18 heavy (non-hydrogen) atoms. The second-order valence-corrected chi connectivity index (χ2v) is 4.80. The van der Waals surface area contributed by atoms with Gasteiger partial charge in [0.15, 0.2) is 0 Å². The minimum atomic E-state index is 0.215. The van der Waals surface area contributed by atoms with Crippen molar-refractivity contribution in [1.82, 2.24) is 9.97 Å². The summed E-state index contributed by atoms with van der Waals surface area (Å²) in [5.41, 5.74) is 6.80. The lowest BCUT2D eigenvalue weighted by atomic mass is 10.1. The van der Waals surface area contributed by atoms with Gasteiger partial charge in [-0.1, -0.05) is 20.8 Å². The van der Waals surface area contributed by atoms with E-state index in [-0.39, 0.29) is 6.04 Å². The molecular weight excluding hydrogens is 228 g/mol. The second-order valence-electron chi connectivity index (χ2n) is 4.80. The number of rotatable bonds is 6. The summed E-state index contributed by atoms with van der Waals surface area (Å²) in [5, 5.41) is 3.41. The third-order valence-corrected chi connectivity index (χ3v) is 3.02. The average molecular weight is 252 g/mol. The minimum Gasteiger partial charge on any atom is -0.383 e. The Morgan fingerprint density at radius 3 is 2.50 bits per heavy atom. The van der Waals surface area contributed by atoms with E-state index in [2.05, 4.69) is 29.1 Å². The van der Waals surface area contributed by atoms with Crippen molar-refractivity contribution in [3.05, 3.63) is 11.4 Å². The van der Waals surface area contributed by atoms with Crippen LogP contribution < -0.4 is 11.1 Å². The standard InChI is InChI=1S/C13H24N4O/c1-6-11-16-12(14)9(4)13(17-11)15-10(7-18-5)8(2)3/h8,10H,6-7H2,1-5H3,(H3,14,15,16,17). The number of methoxy groups -OCH3 is 1. The lowest BCUT2D eigenvalue weighted by Crippen LogP contribution is -2.31. The third kappa shape index (κ3) is 3.57. The van der Waals surface area contributed by atoms with Crippen LogP contribution in [-0.2, 0) is 11.2 Å². The summed E-state index contributed by atoms with van der Waals surface area (Å²) in [7, 11) is 1.70. The Morgan fingerprint density at radius 1 is 1.33 bits per heavy atom. The van der Waals surface area contributed by atoms with Gasteiger partial charge in [0.2, 0.25) is 0 Å². The zero-order valence-electron chi connectivity index (χ0n) is 11.9. The Hall–Kier alpha value is -1.36. The predicted molar refractivity (Wildman–Crippen MR) is 74.7 cm³/mol. The van der Waals surface area contributed by atoms with Gasteiger partial charge in [-0.15, -0.1) is 0 Å². The first-order valence-corrected chi connectivity index (χ1v) is 6.38. The van der Waals surface area contributed by atoms with E-state index < -0.39 is 0 Å². The van der Waals surface area contributed by atoms with Crippen molar-refractivity contribution < 1.29 is 4.74 Å². The van der Waals surface area contributed by atoms with Crippen molar-refractivity contribution in [2.24, 2.45) is 5.92 Å². The normalized spacial score (nSPS) is 12.8. The number of hydrogen-bond acceptors (Lipinski definition) is 5. The molecule has 0 saturated heterocycles. The first-order chi connectivity index (χ1) is 8.49. The zero-order chi connectivity index (χ0) is 13.7. The number of nitrogen functional groups attached to an aromatic ring is 1. The number of aryl methyl sites for hydroxylation is 1. The van der Waals surface area contributed by atoms with Crippen molar-refractivity contribution in [2.45, 2.75) is 40.2 Å². The Kier molecular flexibility index (Phi) is 5.34. The minimum absolute atomic E-state index is 0.215. The lowest BCUT2D eigenvalue weighted by Gasteiger charge is -2.23. The molecule has 1 atom stereocenters. The molecular formula is C13H24N4O. The summed E-state index contributed by atoms with van der Waals surface area (Å²) >= 11 is 0. The van der Waals surface area contributed by atoms with E-state index >= 15 is 0 Å². The number of anilines is 2. The molecule has 0 aliphatic rings. The van der Waals surface area contributed by atoms with Gasteiger partial charge in [0, 0.05) is 19.1 Å². The SMILES string of the molecule is CCc1nc(N)c(C)c(NC(COC)C(C)C)n1. The van der Waals surface area contributed by atoms with E-state index in [0.29, 0.717) is 18.3 Å². The van der Waals surface area contributed by atoms with Gasteiger partial charge in [0.05, 0.1) is 12.6 Å². The largest absolute Gasteiger partial charge is 0.383 e. The first-order valence-electron chi connectivity index (χ1n) is 6.38. The van der Waals surface area contributed by atoms with Gasteiger partial charge in [-0.3, -0.25) is 0 Å². The monoisotopic (exact) mass is 252 g/mol. The maximum atomic E-state index is 5.90.